The SMILES string of the molecule is O=C(Cn1ncc2ccccc2c1=O)N1C[C@@H]2[C@H](C1)[C@H]1CC[C@@H]2O1. The molecule has 0 spiro atoms. The predicted octanol–water partition coefficient (Wildman–Crippen LogP) is 1.03. The third-order valence-corrected chi connectivity index (χ3v) is 5.85. The van der Waals surface area contributed by atoms with Crippen molar-refractivity contribution in [1.29, 1.82) is 0 Å². The average Bonchev–Trinajstić information content (AvgIpc) is 3.30. The lowest BCUT2D eigenvalue weighted by atomic mass is 9.82. The van der Waals surface area contributed by atoms with Crippen molar-refractivity contribution in [2.75, 3.05) is 13.1 Å². The smallest absolute Gasteiger partial charge is 0.275 e. The van der Waals surface area contributed by atoms with Crippen LogP contribution in [0.4, 0.5) is 0 Å². The van der Waals surface area contributed by atoms with Crippen LogP contribution < -0.4 is 5.56 Å². The molecule has 2 aromatic rings. The number of hydrogen-bond donors (Lipinski definition) is 0. The number of rotatable bonds is 2. The van der Waals surface area contributed by atoms with Gasteiger partial charge in [-0.2, -0.15) is 5.10 Å². The second kappa shape index (κ2) is 5.14. The number of likely N-dealkylation sites (tertiary alicyclic amines) is 1. The van der Waals surface area contributed by atoms with Crippen LogP contribution in [0.15, 0.2) is 35.3 Å². The largest absolute Gasteiger partial charge is 0.374 e. The zero-order valence-corrected chi connectivity index (χ0v) is 13.3. The molecule has 0 N–H and O–H groups in total. The van der Waals surface area contributed by atoms with E-state index in [0.29, 0.717) is 29.4 Å². The Balaban J connectivity index is 1.36. The van der Waals surface area contributed by atoms with E-state index >= 15 is 0 Å². The van der Waals surface area contributed by atoms with Gasteiger partial charge in [-0.05, 0) is 18.9 Å². The first-order valence-electron chi connectivity index (χ1n) is 8.59. The Labute approximate surface area is 139 Å². The van der Waals surface area contributed by atoms with Crippen LogP contribution in [0.25, 0.3) is 10.8 Å². The van der Waals surface area contributed by atoms with E-state index in [9.17, 15) is 9.59 Å². The molecule has 3 saturated heterocycles. The second-order valence-electron chi connectivity index (χ2n) is 7.11. The first kappa shape index (κ1) is 14.2. The van der Waals surface area contributed by atoms with Crippen LogP contribution in [-0.2, 0) is 16.1 Å². The minimum absolute atomic E-state index is 0.0132. The first-order valence-corrected chi connectivity index (χ1v) is 8.59. The molecular formula is C18H19N3O3. The van der Waals surface area contributed by atoms with Gasteiger partial charge >= 0.3 is 0 Å². The zero-order valence-electron chi connectivity index (χ0n) is 13.3. The Hall–Kier alpha value is -2.21. The quantitative estimate of drug-likeness (QED) is 0.827. The lowest BCUT2D eigenvalue weighted by molar-refractivity contribution is -0.131. The van der Waals surface area contributed by atoms with Crippen molar-refractivity contribution in [2.45, 2.75) is 31.6 Å². The molecule has 6 nitrogen and oxygen atoms in total. The van der Waals surface area contributed by atoms with Crippen LogP contribution in [0.1, 0.15) is 12.8 Å². The summed E-state index contributed by atoms with van der Waals surface area (Å²) in [5.41, 5.74) is -0.204. The molecule has 124 valence electrons. The van der Waals surface area contributed by atoms with Gasteiger partial charge in [0.2, 0.25) is 5.91 Å². The molecule has 4 heterocycles. The molecule has 5 rings (SSSR count). The minimum atomic E-state index is -0.204. The van der Waals surface area contributed by atoms with Gasteiger partial charge in [0.1, 0.15) is 6.54 Å². The molecule has 2 bridgehead atoms. The number of carbonyl (C=O) groups excluding carboxylic acids is 1. The van der Waals surface area contributed by atoms with E-state index < -0.39 is 0 Å². The monoisotopic (exact) mass is 325 g/mol. The van der Waals surface area contributed by atoms with Crippen LogP contribution in [0.5, 0.6) is 0 Å². The first-order chi connectivity index (χ1) is 11.7. The van der Waals surface area contributed by atoms with Crippen molar-refractivity contribution in [3.8, 4) is 0 Å². The van der Waals surface area contributed by atoms with Gasteiger partial charge in [-0.3, -0.25) is 9.59 Å². The fourth-order valence-corrected chi connectivity index (χ4v) is 4.63. The van der Waals surface area contributed by atoms with Gasteiger partial charge < -0.3 is 9.64 Å². The normalized spacial score (nSPS) is 30.9. The molecule has 24 heavy (non-hydrogen) atoms. The Morgan fingerprint density at radius 2 is 1.88 bits per heavy atom. The van der Waals surface area contributed by atoms with E-state index in [4.69, 9.17) is 4.74 Å². The number of carbonyl (C=O) groups is 1. The third-order valence-electron chi connectivity index (χ3n) is 5.85. The van der Waals surface area contributed by atoms with Crippen molar-refractivity contribution in [3.63, 3.8) is 0 Å². The molecule has 1 aromatic heterocycles. The highest BCUT2D eigenvalue weighted by atomic mass is 16.5. The van der Waals surface area contributed by atoms with Gasteiger partial charge in [0.15, 0.2) is 0 Å². The maximum Gasteiger partial charge on any atom is 0.275 e. The summed E-state index contributed by atoms with van der Waals surface area (Å²) in [6.07, 6.45) is 4.56. The van der Waals surface area contributed by atoms with Gasteiger partial charge in [0.25, 0.3) is 5.56 Å². The molecule has 0 aliphatic carbocycles. The summed E-state index contributed by atoms with van der Waals surface area (Å²) in [7, 11) is 0. The maximum absolute atomic E-state index is 12.7. The standard InChI is InChI=1S/C18H19N3O3/c22-17(20-8-13-14(9-20)16-6-5-15(13)24-16)10-21-18(23)12-4-2-1-3-11(12)7-19-21/h1-4,7,13-16H,5-6,8-10H2/t13-,14+,15+,16-. The summed E-state index contributed by atoms with van der Waals surface area (Å²) in [4.78, 5) is 27.0. The molecule has 6 heteroatoms. The summed E-state index contributed by atoms with van der Waals surface area (Å²) in [6.45, 7) is 1.53. The highest BCUT2D eigenvalue weighted by Gasteiger charge is 2.53. The molecule has 3 aliphatic rings. The fraction of sp³-hybridized carbons (Fsp3) is 0.500. The molecule has 0 saturated carbocycles. The number of hydrogen-bond acceptors (Lipinski definition) is 4. The van der Waals surface area contributed by atoms with E-state index in [-0.39, 0.29) is 18.0 Å². The molecule has 3 fully saturated rings. The molecule has 4 atom stereocenters. The second-order valence-corrected chi connectivity index (χ2v) is 7.11. The van der Waals surface area contributed by atoms with Crippen LogP contribution in [0.2, 0.25) is 0 Å². The fourth-order valence-electron chi connectivity index (χ4n) is 4.63. The number of nitrogens with zero attached hydrogens (tertiary/aromatic N) is 3. The predicted molar refractivity (Wildman–Crippen MR) is 87.5 cm³/mol. The van der Waals surface area contributed by atoms with Crippen LogP contribution in [0.3, 0.4) is 0 Å². The van der Waals surface area contributed by atoms with Crippen LogP contribution in [0, 0.1) is 11.8 Å². The van der Waals surface area contributed by atoms with Gasteiger partial charge in [0, 0.05) is 30.3 Å². The molecule has 1 amide bonds. The van der Waals surface area contributed by atoms with Gasteiger partial charge in [0.05, 0.1) is 23.8 Å². The maximum atomic E-state index is 12.7. The van der Waals surface area contributed by atoms with E-state index in [1.54, 1.807) is 12.3 Å². The minimum Gasteiger partial charge on any atom is -0.374 e. The third kappa shape index (κ3) is 2.02. The summed E-state index contributed by atoms with van der Waals surface area (Å²) >= 11 is 0. The summed E-state index contributed by atoms with van der Waals surface area (Å²) in [5.74, 6) is 0.941. The van der Waals surface area contributed by atoms with Gasteiger partial charge in [-0.1, -0.05) is 18.2 Å². The van der Waals surface area contributed by atoms with E-state index in [0.717, 1.165) is 31.3 Å². The number of amides is 1. The van der Waals surface area contributed by atoms with Gasteiger partial charge in [-0.15, -0.1) is 0 Å². The lowest BCUT2D eigenvalue weighted by Gasteiger charge is -2.19. The molecule has 1 aromatic carbocycles. The molecule has 0 unspecified atom stereocenters. The average molecular weight is 325 g/mol. The van der Waals surface area contributed by atoms with Crippen LogP contribution in [-0.4, -0.2) is 45.9 Å². The zero-order chi connectivity index (χ0) is 16.3. The Morgan fingerprint density at radius 1 is 1.17 bits per heavy atom. The number of fused-ring (bicyclic) bond motifs is 6. The van der Waals surface area contributed by atoms with Crippen molar-refractivity contribution >= 4 is 16.7 Å². The van der Waals surface area contributed by atoms with Crippen LogP contribution >= 0.6 is 0 Å². The highest BCUT2D eigenvalue weighted by Crippen LogP contribution is 2.47. The van der Waals surface area contributed by atoms with Crippen molar-refractivity contribution in [2.24, 2.45) is 11.8 Å². The highest BCUT2D eigenvalue weighted by molar-refractivity contribution is 5.81. The molecule has 3 aliphatic heterocycles. The number of aromatic nitrogens is 2. The lowest BCUT2D eigenvalue weighted by Crippen LogP contribution is -2.37. The van der Waals surface area contributed by atoms with Crippen molar-refractivity contribution in [1.82, 2.24) is 14.7 Å². The van der Waals surface area contributed by atoms with Gasteiger partial charge in [-0.25, -0.2) is 4.68 Å². The Bertz CT molecular complexity index is 859. The van der Waals surface area contributed by atoms with E-state index in [1.807, 2.05) is 23.1 Å². The van der Waals surface area contributed by atoms with E-state index in [2.05, 4.69) is 5.10 Å². The summed E-state index contributed by atoms with van der Waals surface area (Å²) in [6, 6.07) is 7.33. The van der Waals surface area contributed by atoms with Crippen molar-refractivity contribution < 1.29 is 9.53 Å². The molecular weight excluding hydrogens is 306 g/mol. The van der Waals surface area contributed by atoms with Crippen molar-refractivity contribution in [3.05, 3.63) is 40.8 Å². The summed E-state index contributed by atoms with van der Waals surface area (Å²) in [5, 5.41) is 5.57. The molecule has 0 radical (unpaired) electrons. The topological polar surface area (TPSA) is 64.4 Å². The van der Waals surface area contributed by atoms with E-state index in [1.165, 1.54) is 4.68 Å². The Morgan fingerprint density at radius 3 is 2.62 bits per heavy atom. The number of benzene rings is 1. The number of ether oxygens (including phenoxy) is 1. The Kier molecular flexibility index (Phi) is 3.03. The summed E-state index contributed by atoms with van der Waals surface area (Å²) < 4.78 is 7.23.